The van der Waals surface area contributed by atoms with Crippen molar-refractivity contribution in [1.29, 1.82) is 0 Å². The molecule has 1 heterocycles. The van der Waals surface area contributed by atoms with Crippen molar-refractivity contribution >= 4 is 5.91 Å². The molecule has 0 radical (unpaired) electrons. The number of amides is 1. The lowest BCUT2D eigenvalue weighted by Crippen LogP contribution is -2.51. The van der Waals surface area contributed by atoms with E-state index in [1.54, 1.807) is 4.90 Å². The summed E-state index contributed by atoms with van der Waals surface area (Å²) in [5.74, 6) is -0.910. The normalized spacial score (nSPS) is 21.7. The minimum absolute atomic E-state index is 0.000209. The summed E-state index contributed by atoms with van der Waals surface area (Å²) in [7, 11) is 0. The molecule has 0 unspecified atom stereocenters. The van der Waals surface area contributed by atoms with Crippen LogP contribution in [0, 0.1) is 11.7 Å². The minimum Gasteiger partial charge on any atom is -0.508 e. The molecule has 1 fully saturated rings. The monoisotopic (exact) mass is 323 g/mol. The number of carbonyl (C=O) groups excluding carboxylic acids is 1. The van der Waals surface area contributed by atoms with Crippen molar-refractivity contribution in [2.75, 3.05) is 13.1 Å². The van der Waals surface area contributed by atoms with E-state index in [0.717, 1.165) is 25.3 Å². The molecule has 0 aromatic heterocycles. The molecule has 0 spiro atoms. The van der Waals surface area contributed by atoms with Crippen LogP contribution >= 0.6 is 0 Å². The Labute approximate surface area is 137 Å². The first-order valence-electron chi connectivity index (χ1n) is 8.35. The van der Waals surface area contributed by atoms with E-state index < -0.39 is 5.82 Å². The second-order valence-electron chi connectivity index (χ2n) is 6.56. The van der Waals surface area contributed by atoms with Crippen LogP contribution in [0.5, 0.6) is 5.75 Å². The summed E-state index contributed by atoms with van der Waals surface area (Å²) in [5.41, 5.74) is 0.00134. The number of carbonyl (C=O) groups is 1. The van der Waals surface area contributed by atoms with Crippen molar-refractivity contribution in [3.8, 4) is 5.75 Å². The number of morpholine rings is 1. The molecular formula is C18H26FNO3. The summed E-state index contributed by atoms with van der Waals surface area (Å²) in [5, 5.41) is 9.30. The van der Waals surface area contributed by atoms with Crippen LogP contribution in [0.1, 0.15) is 50.4 Å². The summed E-state index contributed by atoms with van der Waals surface area (Å²) in [6.45, 7) is 7.21. The summed E-state index contributed by atoms with van der Waals surface area (Å²) >= 11 is 0. The van der Waals surface area contributed by atoms with E-state index in [9.17, 15) is 14.3 Å². The molecule has 1 aliphatic heterocycles. The average Bonchev–Trinajstić information content (AvgIpc) is 2.52. The highest BCUT2D eigenvalue weighted by molar-refractivity contribution is 5.94. The molecule has 2 rings (SSSR count). The lowest BCUT2D eigenvalue weighted by Gasteiger charge is -2.40. The first kappa shape index (κ1) is 17.7. The Hall–Kier alpha value is -1.62. The van der Waals surface area contributed by atoms with Crippen LogP contribution in [0.4, 0.5) is 4.39 Å². The Morgan fingerprint density at radius 1 is 1.43 bits per heavy atom. The Kier molecular flexibility index (Phi) is 5.99. The number of unbranched alkanes of at least 4 members (excludes halogenated alkanes) is 1. The van der Waals surface area contributed by atoms with Crippen molar-refractivity contribution in [3.63, 3.8) is 0 Å². The molecule has 1 saturated heterocycles. The quantitative estimate of drug-likeness (QED) is 0.901. The average molecular weight is 323 g/mol. The number of benzene rings is 1. The van der Waals surface area contributed by atoms with Gasteiger partial charge in [-0.2, -0.15) is 0 Å². The number of phenolic OH excluding ortho intramolecular Hbond substituents is 1. The van der Waals surface area contributed by atoms with E-state index in [0.29, 0.717) is 19.0 Å². The van der Waals surface area contributed by atoms with Gasteiger partial charge in [-0.1, -0.05) is 33.6 Å². The second-order valence-corrected chi connectivity index (χ2v) is 6.56. The highest BCUT2D eigenvalue weighted by atomic mass is 19.1. The lowest BCUT2D eigenvalue weighted by molar-refractivity contribution is -0.0963. The molecule has 4 nitrogen and oxygen atoms in total. The van der Waals surface area contributed by atoms with Crippen LogP contribution < -0.4 is 0 Å². The highest BCUT2D eigenvalue weighted by Crippen LogP contribution is 2.24. The highest BCUT2D eigenvalue weighted by Gasteiger charge is 2.33. The number of aromatic hydroxyl groups is 1. The van der Waals surface area contributed by atoms with Crippen molar-refractivity contribution in [2.24, 2.45) is 5.92 Å². The van der Waals surface area contributed by atoms with Crippen LogP contribution in [0.15, 0.2) is 18.2 Å². The van der Waals surface area contributed by atoms with Gasteiger partial charge >= 0.3 is 0 Å². The van der Waals surface area contributed by atoms with Gasteiger partial charge in [0.1, 0.15) is 11.6 Å². The first-order valence-corrected chi connectivity index (χ1v) is 8.35. The summed E-state index contributed by atoms with van der Waals surface area (Å²) < 4.78 is 20.1. The van der Waals surface area contributed by atoms with Gasteiger partial charge in [0.2, 0.25) is 0 Å². The van der Waals surface area contributed by atoms with Gasteiger partial charge in [-0.3, -0.25) is 4.79 Å². The summed E-state index contributed by atoms with van der Waals surface area (Å²) in [6, 6.07) is 3.65. The van der Waals surface area contributed by atoms with E-state index in [4.69, 9.17) is 4.74 Å². The Balaban J connectivity index is 2.16. The van der Waals surface area contributed by atoms with Crippen molar-refractivity contribution in [1.82, 2.24) is 4.90 Å². The number of nitrogens with zero attached hydrogens (tertiary/aromatic N) is 1. The van der Waals surface area contributed by atoms with Crippen LogP contribution in [0.3, 0.4) is 0 Å². The SMILES string of the molecule is CCCC[C@@H]1CN(C(=O)c2ccc(O)cc2F)C[C@H](C(C)C)O1. The number of ether oxygens (including phenoxy) is 1. The van der Waals surface area contributed by atoms with Crippen molar-refractivity contribution in [2.45, 2.75) is 52.2 Å². The lowest BCUT2D eigenvalue weighted by atomic mass is 10.0. The standard InChI is InChI=1S/C18H26FNO3/c1-4-5-6-14-10-20(11-17(23-14)12(2)3)18(22)15-8-7-13(21)9-16(15)19/h7-9,12,14,17,21H,4-6,10-11H2,1-3H3/t14-,17-/m1/s1. The molecule has 2 atom stereocenters. The zero-order valence-electron chi connectivity index (χ0n) is 14.1. The van der Waals surface area contributed by atoms with Gasteiger partial charge in [0, 0.05) is 19.2 Å². The maximum atomic E-state index is 14.0. The number of halogens is 1. The Bertz CT molecular complexity index is 547. The molecule has 5 heteroatoms. The molecule has 0 bridgehead atoms. The van der Waals surface area contributed by atoms with Crippen LogP contribution in [0.2, 0.25) is 0 Å². The zero-order valence-corrected chi connectivity index (χ0v) is 14.1. The molecular weight excluding hydrogens is 297 g/mol. The summed E-state index contributed by atoms with van der Waals surface area (Å²) in [4.78, 5) is 14.4. The van der Waals surface area contributed by atoms with Crippen LogP contribution in [0.25, 0.3) is 0 Å². The maximum Gasteiger partial charge on any atom is 0.257 e. The third-order valence-electron chi connectivity index (χ3n) is 4.29. The van der Waals surface area contributed by atoms with Crippen molar-refractivity contribution in [3.05, 3.63) is 29.6 Å². The predicted molar refractivity (Wildman–Crippen MR) is 87.0 cm³/mol. The molecule has 1 N–H and O–H groups in total. The molecule has 23 heavy (non-hydrogen) atoms. The maximum absolute atomic E-state index is 14.0. The van der Waals surface area contributed by atoms with Crippen LogP contribution in [-0.2, 0) is 4.74 Å². The topological polar surface area (TPSA) is 49.8 Å². The minimum atomic E-state index is -0.687. The third-order valence-corrected chi connectivity index (χ3v) is 4.29. The third kappa shape index (κ3) is 4.44. The molecule has 0 aliphatic carbocycles. The van der Waals surface area contributed by atoms with Gasteiger partial charge < -0.3 is 14.7 Å². The van der Waals surface area contributed by atoms with E-state index in [1.807, 2.05) is 0 Å². The smallest absolute Gasteiger partial charge is 0.257 e. The number of hydrogen-bond acceptors (Lipinski definition) is 3. The number of rotatable bonds is 5. The zero-order chi connectivity index (χ0) is 17.0. The first-order chi connectivity index (χ1) is 10.9. The molecule has 1 aromatic rings. The van der Waals surface area contributed by atoms with Crippen LogP contribution in [-0.4, -0.2) is 41.2 Å². The predicted octanol–water partition coefficient (Wildman–Crippen LogP) is 3.59. The van der Waals surface area contributed by atoms with Gasteiger partial charge in [-0.25, -0.2) is 4.39 Å². The van der Waals surface area contributed by atoms with E-state index >= 15 is 0 Å². The van der Waals surface area contributed by atoms with E-state index in [-0.39, 0.29) is 29.4 Å². The molecule has 128 valence electrons. The molecule has 0 saturated carbocycles. The molecule has 1 amide bonds. The van der Waals surface area contributed by atoms with Gasteiger partial charge in [0.05, 0.1) is 17.8 Å². The number of hydrogen-bond donors (Lipinski definition) is 1. The molecule has 1 aromatic carbocycles. The number of phenols is 1. The van der Waals surface area contributed by atoms with Gasteiger partial charge in [-0.15, -0.1) is 0 Å². The fourth-order valence-corrected chi connectivity index (χ4v) is 2.84. The summed E-state index contributed by atoms with van der Waals surface area (Å²) in [6.07, 6.45) is 2.99. The Morgan fingerprint density at radius 2 is 2.17 bits per heavy atom. The van der Waals surface area contributed by atoms with Gasteiger partial charge in [0.25, 0.3) is 5.91 Å². The van der Waals surface area contributed by atoms with E-state index in [2.05, 4.69) is 20.8 Å². The Morgan fingerprint density at radius 3 is 2.78 bits per heavy atom. The largest absolute Gasteiger partial charge is 0.508 e. The second kappa shape index (κ2) is 7.77. The van der Waals surface area contributed by atoms with Gasteiger partial charge in [0.15, 0.2) is 0 Å². The molecule has 1 aliphatic rings. The van der Waals surface area contributed by atoms with Gasteiger partial charge in [-0.05, 0) is 24.5 Å². The fraction of sp³-hybridized carbons (Fsp3) is 0.611. The van der Waals surface area contributed by atoms with E-state index in [1.165, 1.54) is 12.1 Å². The van der Waals surface area contributed by atoms with Crippen molar-refractivity contribution < 1.29 is 19.0 Å². The fourth-order valence-electron chi connectivity index (χ4n) is 2.84.